The van der Waals surface area contributed by atoms with E-state index in [-0.39, 0.29) is 17.9 Å². The van der Waals surface area contributed by atoms with Crippen LogP contribution in [-0.4, -0.2) is 44.8 Å². The van der Waals surface area contributed by atoms with Gasteiger partial charge in [-0.3, -0.25) is 4.98 Å². The number of aromatic nitrogens is 3. The molecule has 0 spiro atoms. The van der Waals surface area contributed by atoms with Crippen LogP contribution in [0.25, 0.3) is 11.4 Å². The molecular weight excluding hydrogens is 430 g/mol. The largest absolute Gasteiger partial charge is 0.465 e. The lowest BCUT2D eigenvalue weighted by atomic mass is 9.84. The Bertz CT molecular complexity index is 1120. The molecule has 0 aliphatic carbocycles. The second-order valence-corrected chi connectivity index (χ2v) is 8.02. The minimum atomic E-state index is -1.06. The molecule has 1 aromatic carbocycles. The van der Waals surface area contributed by atoms with Gasteiger partial charge in [0.2, 0.25) is 0 Å². The van der Waals surface area contributed by atoms with Crippen LogP contribution in [0, 0.1) is 11.6 Å². The normalized spacial score (nSPS) is 18.0. The third-order valence-electron chi connectivity index (χ3n) is 5.64. The number of anilines is 1. The fourth-order valence-electron chi connectivity index (χ4n) is 4.11. The van der Waals surface area contributed by atoms with Gasteiger partial charge < -0.3 is 21.1 Å². The summed E-state index contributed by atoms with van der Waals surface area (Å²) in [6, 6.07) is 7.12. The maximum Gasteiger partial charge on any atom is 0.405 e. The van der Waals surface area contributed by atoms with Crippen LogP contribution in [0.5, 0.6) is 0 Å². The Morgan fingerprint density at radius 2 is 2.00 bits per heavy atom. The summed E-state index contributed by atoms with van der Waals surface area (Å²) in [6.45, 7) is 1.65. The Balaban J connectivity index is 1.53. The maximum atomic E-state index is 14.1. The predicted octanol–water partition coefficient (Wildman–Crippen LogP) is 3.36. The van der Waals surface area contributed by atoms with Crippen molar-refractivity contribution in [1.82, 2.24) is 25.6 Å². The number of pyridine rings is 1. The van der Waals surface area contributed by atoms with E-state index in [9.17, 15) is 18.7 Å². The van der Waals surface area contributed by atoms with E-state index >= 15 is 0 Å². The number of hydrogen-bond donors (Lipinski definition) is 4. The van der Waals surface area contributed by atoms with Crippen molar-refractivity contribution in [2.24, 2.45) is 0 Å². The summed E-state index contributed by atoms with van der Waals surface area (Å²) in [5.74, 6) is -1.49. The molecule has 1 aliphatic heterocycles. The topological polar surface area (TPSA) is 112 Å². The van der Waals surface area contributed by atoms with Crippen LogP contribution < -0.4 is 16.0 Å². The number of carboxylic acid groups (broad SMARTS) is 1. The molecule has 0 saturated carbocycles. The van der Waals surface area contributed by atoms with E-state index in [2.05, 4.69) is 30.9 Å². The number of hydrogen-bond acceptors (Lipinski definition) is 6. The second kappa shape index (κ2) is 9.86. The highest BCUT2D eigenvalue weighted by Crippen LogP contribution is 2.26. The van der Waals surface area contributed by atoms with Gasteiger partial charge in [-0.2, -0.15) is 0 Å². The number of rotatable bonds is 7. The number of amides is 1. The Morgan fingerprint density at radius 3 is 2.73 bits per heavy atom. The zero-order valence-electron chi connectivity index (χ0n) is 17.8. The van der Waals surface area contributed by atoms with Gasteiger partial charge in [0.05, 0.1) is 35.2 Å². The molecule has 8 nitrogen and oxygen atoms in total. The van der Waals surface area contributed by atoms with Crippen molar-refractivity contribution < 1.29 is 18.7 Å². The molecule has 0 unspecified atom stereocenters. The van der Waals surface area contributed by atoms with Crippen LogP contribution in [0.1, 0.15) is 24.1 Å². The van der Waals surface area contributed by atoms with Gasteiger partial charge in [-0.25, -0.2) is 23.5 Å². The smallest absolute Gasteiger partial charge is 0.405 e. The highest BCUT2D eigenvalue weighted by atomic mass is 19.1. The number of nitrogens with zero attached hydrogens (tertiary/aromatic N) is 3. The number of nitrogens with one attached hydrogen (secondary N) is 3. The van der Waals surface area contributed by atoms with E-state index < -0.39 is 23.3 Å². The molecule has 0 bridgehead atoms. The summed E-state index contributed by atoms with van der Waals surface area (Å²) in [4.78, 5) is 23.9. The molecule has 1 amide bonds. The summed E-state index contributed by atoms with van der Waals surface area (Å²) < 4.78 is 28.2. The van der Waals surface area contributed by atoms with Crippen LogP contribution in [0.3, 0.4) is 0 Å². The fraction of sp³-hybridized carbons (Fsp3) is 0.304. The van der Waals surface area contributed by atoms with Gasteiger partial charge in [-0.15, -0.1) is 0 Å². The van der Waals surface area contributed by atoms with Gasteiger partial charge in [0.1, 0.15) is 11.6 Å². The van der Waals surface area contributed by atoms with Crippen molar-refractivity contribution in [2.75, 3.05) is 18.4 Å². The zero-order valence-corrected chi connectivity index (χ0v) is 17.8. The van der Waals surface area contributed by atoms with Gasteiger partial charge in [0.25, 0.3) is 0 Å². The van der Waals surface area contributed by atoms with Crippen LogP contribution in [-0.2, 0) is 13.0 Å². The minimum Gasteiger partial charge on any atom is -0.465 e. The first-order valence-corrected chi connectivity index (χ1v) is 10.6. The Morgan fingerprint density at radius 1 is 1.18 bits per heavy atom. The summed E-state index contributed by atoms with van der Waals surface area (Å²) in [5, 5.41) is 18.6. The van der Waals surface area contributed by atoms with Crippen molar-refractivity contribution in [2.45, 2.75) is 31.3 Å². The third kappa shape index (κ3) is 5.40. The molecule has 1 fully saturated rings. The lowest BCUT2D eigenvalue weighted by Crippen LogP contribution is -2.58. The number of carbonyl (C=O) groups is 1. The van der Waals surface area contributed by atoms with Crippen molar-refractivity contribution >= 4 is 11.8 Å². The average molecular weight is 454 g/mol. The van der Waals surface area contributed by atoms with E-state index in [1.54, 1.807) is 18.5 Å². The molecule has 172 valence electrons. The first kappa shape index (κ1) is 22.5. The monoisotopic (exact) mass is 454 g/mol. The summed E-state index contributed by atoms with van der Waals surface area (Å²) in [7, 11) is 0. The first-order chi connectivity index (χ1) is 16.0. The molecule has 10 heteroatoms. The van der Waals surface area contributed by atoms with Gasteiger partial charge in [0, 0.05) is 18.9 Å². The van der Waals surface area contributed by atoms with Gasteiger partial charge >= 0.3 is 6.09 Å². The third-order valence-corrected chi connectivity index (χ3v) is 5.64. The number of piperidine rings is 1. The second-order valence-electron chi connectivity index (χ2n) is 8.02. The van der Waals surface area contributed by atoms with E-state index in [1.165, 1.54) is 12.3 Å². The number of benzene rings is 1. The molecule has 4 N–H and O–H groups in total. The van der Waals surface area contributed by atoms with Crippen LogP contribution >= 0.6 is 0 Å². The molecule has 33 heavy (non-hydrogen) atoms. The van der Waals surface area contributed by atoms with E-state index in [4.69, 9.17) is 0 Å². The van der Waals surface area contributed by atoms with Crippen LogP contribution in [0.2, 0.25) is 0 Å². The quantitative estimate of drug-likeness (QED) is 0.433. The summed E-state index contributed by atoms with van der Waals surface area (Å²) in [5.41, 5.74) is 1.28. The maximum absolute atomic E-state index is 14.1. The van der Waals surface area contributed by atoms with Gasteiger partial charge in [-0.05, 0) is 55.6 Å². The molecule has 0 radical (unpaired) electrons. The van der Waals surface area contributed by atoms with Crippen LogP contribution in [0.4, 0.5) is 19.3 Å². The lowest BCUT2D eigenvalue weighted by Gasteiger charge is -2.38. The van der Waals surface area contributed by atoms with Crippen molar-refractivity contribution in [3.05, 3.63) is 71.8 Å². The molecule has 3 heterocycles. The van der Waals surface area contributed by atoms with Crippen molar-refractivity contribution in [1.29, 1.82) is 0 Å². The SMILES string of the molecule is O=C(O)N[C@]1(Cc2ccncc2NCc2ccnc(-c3c(F)cccc3F)n2)CCCNC1. The predicted molar refractivity (Wildman–Crippen MR) is 119 cm³/mol. The lowest BCUT2D eigenvalue weighted by molar-refractivity contribution is 0.166. The molecule has 1 saturated heterocycles. The first-order valence-electron chi connectivity index (χ1n) is 10.6. The van der Waals surface area contributed by atoms with Gasteiger partial charge in [0.15, 0.2) is 5.82 Å². The zero-order chi connectivity index (χ0) is 23.3. The molecule has 4 rings (SSSR count). The summed E-state index contributed by atoms with van der Waals surface area (Å²) in [6.07, 6.45) is 5.79. The van der Waals surface area contributed by atoms with E-state index in [0.717, 1.165) is 42.8 Å². The molecule has 1 aliphatic rings. The van der Waals surface area contributed by atoms with E-state index in [0.29, 0.717) is 18.7 Å². The minimum absolute atomic E-state index is 0.0331. The van der Waals surface area contributed by atoms with Crippen molar-refractivity contribution in [3.8, 4) is 11.4 Å². The Kier molecular flexibility index (Phi) is 6.74. The average Bonchev–Trinajstić information content (AvgIpc) is 2.79. The van der Waals surface area contributed by atoms with Gasteiger partial charge in [-0.1, -0.05) is 6.07 Å². The van der Waals surface area contributed by atoms with Crippen LogP contribution in [0.15, 0.2) is 48.9 Å². The number of halogens is 2. The molecule has 1 atom stereocenters. The Labute approximate surface area is 189 Å². The molecule has 3 aromatic rings. The summed E-state index contributed by atoms with van der Waals surface area (Å²) >= 11 is 0. The highest BCUT2D eigenvalue weighted by molar-refractivity contribution is 5.66. The molecule has 2 aromatic heterocycles. The standard InChI is InChI=1S/C23H24F2N6O2/c24-17-3-1-4-18(25)20(17)21-28-10-6-16(30-21)12-29-19-13-26-9-5-15(19)11-23(31-22(32)33)7-2-8-27-14-23/h1,3-6,9-10,13,27,29,31H,2,7-8,11-12,14H2,(H,32,33)/t23-/m0/s1. The highest BCUT2D eigenvalue weighted by Gasteiger charge is 2.34. The Hall–Kier alpha value is -3.66. The van der Waals surface area contributed by atoms with Crippen molar-refractivity contribution in [3.63, 3.8) is 0 Å². The molecular formula is C23H24F2N6O2. The van der Waals surface area contributed by atoms with E-state index in [1.807, 2.05) is 6.07 Å². The fourth-order valence-corrected chi connectivity index (χ4v) is 4.11.